The molecular weight excluding hydrogens is 222 g/mol. The molecule has 0 fully saturated rings. The van der Waals surface area contributed by atoms with Gasteiger partial charge in [0.1, 0.15) is 11.6 Å². The summed E-state index contributed by atoms with van der Waals surface area (Å²) in [5, 5.41) is 9.03. The summed E-state index contributed by atoms with van der Waals surface area (Å²) in [6.07, 6.45) is 1.85. The van der Waals surface area contributed by atoms with Crippen LogP contribution in [0.15, 0.2) is 12.7 Å². The van der Waals surface area contributed by atoms with Crippen molar-refractivity contribution in [2.75, 3.05) is 7.05 Å². The third kappa shape index (κ3) is 5.94. The lowest BCUT2D eigenvalue weighted by Gasteiger charge is -2.28. The Morgan fingerprint density at radius 2 is 2.00 bits per heavy atom. The molecule has 0 aliphatic carbocycles. The molecule has 0 spiro atoms. The number of rotatable bonds is 5. The van der Waals surface area contributed by atoms with Gasteiger partial charge in [-0.25, -0.2) is 9.59 Å². The SMILES string of the molecule is C=CCC[C@@H](C(=O)O)N(C)C(=O)OC(C)(C)C. The molecule has 1 atom stereocenters. The van der Waals surface area contributed by atoms with Crippen molar-refractivity contribution in [3.63, 3.8) is 0 Å². The zero-order valence-electron chi connectivity index (χ0n) is 10.9. The Labute approximate surface area is 102 Å². The highest BCUT2D eigenvalue weighted by molar-refractivity contribution is 5.79. The summed E-state index contributed by atoms with van der Waals surface area (Å²) < 4.78 is 5.11. The fourth-order valence-electron chi connectivity index (χ4n) is 1.22. The molecule has 0 aliphatic heterocycles. The summed E-state index contributed by atoms with van der Waals surface area (Å²) >= 11 is 0. The van der Waals surface area contributed by atoms with Gasteiger partial charge in [0.25, 0.3) is 0 Å². The highest BCUT2D eigenvalue weighted by atomic mass is 16.6. The van der Waals surface area contributed by atoms with Crippen LogP contribution >= 0.6 is 0 Å². The molecular formula is C12H21NO4. The fourth-order valence-corrected chi connectivity index (χ4v) is 1.22. The van der Waals surface area contributed by atoms with Crippen molar-refractivity contribution in [3.05, 3.63) is 12.7 Å². The van der Waals surface area contributed by atoms with E-state index in [-0.39, 0.29) is 0 Å². The number of aliphatic carboxylic acids is 1. The molecule has 0 aliphatic rings. The number of carboxylic acid groups (broad SMARTS) is 1. The first-order chi connectivity index (χ1) is 7.69. The van der Waals surface area contributed by atoms with Crippen LogP contribution in [0.2, 0.25) is 0 Å². The van der Waals surface area contributed by atoms with E-state index < -0.39 is 23.7 Å². The van der Waals surface area contributed by atoms with Crippen LogP contribution in [0.5, 0.6) is 0 Å². The molecule has 1 N–H and O–H groups in total. The Morgan fingerprint density at radius 1 is 1.47 bits per heavy atom. The van der Waals surface area contributed by atoms with Gasteiger partial charge in [-0.3, -0.25) is 4.90 Å². The summed E-state index contributed by atoms with van der Waals surface area (Å²) in [6, 6.07) is -0.886. The van der Waals surface area contributed by atoms with Gasteiger partial charge in [-0.1, -0.05) is 6.08 Å². The number of hydrogen-bond acceptors (Lipinski definition) is 3. The summed E-state index contributed by atoms with van der Waals surface area (Å²) in [5.74, 6) is -1.04. The second kappa shape index (κ2) is 6.27. The van der Waals surface area contributed by atoms with Crippen molar-refractivity contribution in [2.24, 2.45) is 0 Å². The van der Waals surface area contributed by atoms with Gasteiger partial charge in [0, 0.05) is 7.05 Å². The highest BCUT2D eigenvalue weighted by Gasteiger charge is 2.29. The van der Waals surface area contributed by atoms with Gasteiger partial charge < -0.3 is 9.84 Å². The van der Waals surface area contributed by atoms with Crippen molar-refractivity contribution in [1.82, 2.24) is 4.90 Å². The van der Waals surface area contributed by atoms with E-state index in [1.54, 1.807) is 26.8 Å². The van der Waals surface area contributed by atoms with Gasteiger partial charge in [-0.15, -0.1) is 6.58 Å². The van der Waals surface area contributed by atoms with Gasteiger partial charge in [-0.2, -0.15) is 0 Å². The van der Waals surface area contributed by atoms with E-state index in [1.807, 2.05) is 0 Å². The molecule has 0 bridgehead atoms. The molecule has 0 radical (unpaired) electrons. The van der Waals surface area contributed by atoms with Gasteiger partial charge in [0.2, 0.25) is 0 Å². The number of nitrogens with zero attached hydrogens (tertiary/aromatic N) is 1. The third-order valence-corrected chi connectivity index (χ3v) is 2.08. The predicted molar refractivity (Wildman–Crippen MR) is 64.9 cm³/mol. The highest BCUT2D eigenvalue weighted by Crippen LogP contribution is 2.13. The number of amides is 1. The van der Waals surface area contributed by atoms with Crippen LogP contribution in [0.3, 0.4) is 0 Å². The minimum absolute atomic E-state index is 0.328. The topological polar surface area (TPSA) is 66.8 Å². The van der Waals surface area contributed by atoms with Crippen LogP contribution in [0, 0.1) is 0 Å². The number of allylic oxidation sites excluding steroid dienone is 1. The van der Waals surface area contributed by atoms with Crippen molar-refractivity contribution >= 4 is 12.1 Å². The zero-order valence-corrected chi connectivity index (χ0v) is 10.9. The second-order valence-electron chi connectivity index (χ2n) is 4.81. The van der Waals surface area contributed by atoms with E-state index in [4.69, 9.17) is 9.84 Å². The van der Waals surface area contributed by atoms with Crippen molar-refractivity contribution in [2.45, 2.75) is 45.3 Å². The number of ether oxygens (including phenoxy) is 1. The molecule has 5 nitrogen and oxygen atoms in total. The molecule has 0 heterocycles. The minimum atomic E-state index is -1.04. The summed E-state index contributed by atoms with van der Waals surface area (Å²) in [5.41, 5.74) is -0.632. The first-order valence-electron chi connectivity index (χ1n) is 5.48. The van der Waals surface area contributed by atoms with Crippen LogP contribution < -0.4 is 0 Å². The van der Waals surface area contributed by atoms with Crippen LogP contribution in [0.25, 0.3) is 0 Å². The number of likely N-dealkylation sites (N-methyl/N-ethyl adjacent to an activating group) is 1. The maximum absolute atomic E-state index is 11.7. The molecule has 0 aromatic heterocycles. The van der Waals surface area contributed by atoms with Gasteiger partial charge in [0.15, 0.2) is 0 Å². The van der Waals surface area contributed by atoms with E-state index in [0.717, 1.165) is 4.90 Å². The molecule has 5 heteroatoms. The van der Waals surface area contributed by atoms with E-state index in [2.05, 4.69) is 6.58 Å². The average Bonchev–Trinajstić information content (AvgIpc) is 2.14. The number of carboxylic acids is 1. The fraction of sp³-hybridized carbons (Fsp3) is 0.667. The second-order valence-corrected chi connectivity index (χ2v) is 4.81. The molecule has 0 aromatic rings. The average molecular weight is 243 g/mol. The summed E-state index contributed by atoms with van der Waals surface area (Å²) in [4.78, 5) is 23.8. The zero-order chi connectivity index (χ0) is 13.6. The van der Waals surface area contributed by atoms with Crippen molar-refractivity contribution in [1.29, 1.82) is 0 Å². The predicted octanol–water partition coefficient (Wildman–Crippen LogP) is 2.27. The van der Waals surface area contributed by atoms with Crippen LogP contribution in [0.4, 0.5) is 4.79 Å². The summed E-state index contributed by atoms with van der Waals surface area (Å²) in [7, 11) is 1.43. The smallest absolute Gasteiger partial charge is 0.410 e. The molecule has 0 aromatic carbocycles. The lowest BCUT2D eigenvalue weighted by Crippen LogP contribution is -2.44. The van der Waals surface area contributed by atoms with Crippen LogP contribution in [-0.4, -0.2) is 40.8 Å². The Hall–Kier alpha value is -1.52. The molecule has 0 saturated heterocycles. The maximum atomic E-state index is 11.7. The maximum Gasteiger partial charge on any atom is 0.410 e. The first-order valence-corrected chi connectivity index (χ1v) is 5.48. The lowest BCUT2D eigenvalue weighted by molar-refractivity contribution is -0.142. The van der Waals surface area contributed by atoms with Crippen molar-refractivity contribution in [3.8, 4) is 0 Å². The summed E-state index contributed by atoms with van der Waals surface area (Å²) in [6.45, 7) is 8.73. The molecule has 1 amide bonds. The quantitative estimate of drug-likeness (QED) is 0.752. The Morgan fingerprint density at radius 3 is 2.35 bits per heavy atom. The number of carbonyl (C=O) groups excluding carboxylic acids is 1. The Kier molecular flexibility index (Phi) is 5.71. The lowest BCUT2D eigenvalue weighted by atomic mass is 10.1. The normalized spacial score (nSPS) is 12.7. The number of hydrogen-bond donors (Lipinski definition) is 1. The van der Waals surface area contributed by atoms with Crippen LogP contribution in [-0.2, 0) is 9.53 Å². The Balaban J connectivity index is 4.60. The van der Waals surface area contributed by atoms with Gasteiger partial charge >= 0.3 is 12.1 Å². The monoisotopic (exact) mass is 243 g/mol. The molecule has 98 valence electrons. The molecule has 0 unspecified atom stereocenters. The van der Waals surface area contributed by atoms with Gasteiger partial charge in [0.05, 0.1) is 0 Å². The largest absolute Gasteiger partial charge is 0.480 e. The molecule has 17 heavy (non-hydrogen) atoms. The molecule has 0 saturated carbocycles. The standard InChI is InChI=1S/C12H21NO4/c1-6-7-8-9(10(14)15)13(5)11(16)17-12(2,3)4/h6,9H,1,7-8H2,2-5H3,(H,14,15)/t9-/m0/s1. The minimum Gasteiger partial charge on any atom is -0.480 e. The van der Waals surface area contributed by atoms with E-state index in [9.17, 15) is 9.59 Å². The van der Waals surface area contributed by atoms with E-state index in [1.165, 1.54) is 7.05 Å². The molecule has 0 rings (SSSR count). The van der Waals surface area contributed by atoms with Gasteiger partial charge in [-0.05, 0) is 33.6 Å². The van der Waals surface area contributed by atoms with Crippen LogP contribution in [0.1, 0.15) is 33.6 Å². The van der Waals surface area contributed by atoms with E-state index >= 15 is 0 Å². The van der Waals surface area contributed by atoms with E-state index in [0.29, 0.717) is 12.8 Å². The number of carbonyl (C=O) groups is 2. The first kappa shape index (κ1) is 15.5. The van der Waals surface area contributed by atoms with Crippen molar-refractivity contribution < 1.29 is 19.4 Å². The third-order valence-electron chi connectivity index (χ3n) is 2.08. The Bertz CT molecular complexity index is 293.